The topological polar surface area (TPSA) is 12.9 Å². The van der Waals surface area contributed by atoms with Crippen LogP contribution in [0.5, 0.6) is 0 Å². The van der Waals surface area contributed by atoms with Crippen LogP contribution in [-0.2, 0) is 26.5 Å². The summed E-state index contributed by atoms with van der Waals surface area (Å²) in [6.07, 6.45) is 2.93. The molecular weight excluding hydrogens is 398 g/mol. The molecule has 0 fully saturated rings. The van der Waals surface area contributed by atoms with Gasteiger partial charge in [0, 0.05) is 26.3 Å². The largest absolute Gasteiger partial charge is 0.305 e. The van der Waals surface area contributed by atoms with Crippen molar-refractivity contribution < 1.29 is 20.1 Å². The summed E-state index contributed by atoms with van der Waals surface area (Å²) in [6.45, 7) is 6.56. The van der Waals surface area contributed by atoms with Gasteiger partial charge in [-0.1, -0.05) is 32.4 Å². The van der Waals surface area contributed by atoms with Crippen molar-refractivity contribution in [2.75, 3.05) is 0 Å². The summed E-state index contributed by atoms with van der Waals surface area (Å²) in [5.74, 6) is 0.533. The Morgan fingerprint density at radius 1 is 1.22 bits per heavy atom. The maximum absolute atomic E-state index is 4.44. The molecule has 0 aliphatic carbocycles. The molecule has 1 radical (unpaired) electrons. The Morgan fingerprint density at radius 3 is 2.67 bits per heavy atom. The van der Waals surface area contributed by atoms with Crippen molar-refractivity contribution in [2.24, 2.45) is 0 Å². The van der Waals surface area contributed by atoms with Crippen molar-refractivity contribution in [3.05, 3.63) is 53.7 Å². The molecule has 2 rings (SSSR count). The standard InChI is InChI=1S/C16H18N.Ir/c1-4-13-6-5-7-15(10-13)16-11-14(12(2)3)8-9-17-16;/h5-6,8-12H,4H2,1-3H3;/q-1;. The fourth-order valence-corrected chi connectivity index (χ4v) is 1.83. The minimum atomic E-state index is 0. The van der Waals surface area contributed by atoms with E-state index in [-0.39, 0.29) is 20.1 Å². The minimum Gasteiger partial charge on any atom is -0.305 e. The van der Waals surface area contributed by atoms with Gasteiger partial charge in [0.25, 0.3) is 0 Å². The quantitative estimate of drug-likeness (QED) is 0.683. The molecule has 0 saturated heterocycles. The monoisotopic (exact) mass is 417 g/mol. The maximum atomic E-state index is 4.44. The van der Waals surface area contributed by atoms with Crippen LogP contribution < -0.4 is 0 Å². The Hall–Kier alpha value is -0.981. The molecule has 1 aromatic carbocycles. The van der Waals surface area contributed by atoms with Gasteiger partial charge in [0.05, 0.1) is 0 Å². The first-order valence-corrected chi connectivity index (χ1v) is 6.17. The number of benzene rings is 1. The Labute approximate surface area is 123 Å². The molecule has 0 spiro atoms. The second-order valence-corrected chi connectivity index (χ2v) is 4.59. The molecule has 0 amide bonds. The van der Waals surface area contributed by atoms with Gasteiger partial charge in [-0.3, -0.25) is 0 Å². The molecule has 2 heteroatoms. The average molecular weight is 417 g/mol. The maximum Gasteiger partial charge on any atom is 0.0163 e. The number of rotatable bonds is 3. The van der Waals surface area contributed by atoms with E-state index in [4.69, 9.17) is 0 Å². The molecule has 0 aliphatic heterocycles. The zero-order chi connectivity index (χ0) is 12.3. The summed E-state index contributed by atoms with van der Waals surface area (Å²) in [6, 6.07) is 13.8. The van der Waals surface area contributed by atoms with E-state index in [1.807, 2.05) is 12.3 Å². The van der Waals surface area contributed by atoms with E-state index in [2.05, 4.69) is 56.1 Å². The molecule has 1 aromatic heterocycles. The molecular formula is C16H18IrN-. The number of hydrogen-bond donors (Lipinski definition) is 0. The van der Waals surface area contributed by atoms with Gasteiger partial charge in [0.2, 0.25) is 0 Å². The molecule has 0 bridgehead atoms. The summed E-state index contributed by atoms with van der Waals surface area (Å²) < 4.78 is 0. The first-order valence-electron chi connectivity index (χ1n) is 6.17. The first-order chi connectivity index (χ1) is 8.20. The van der Waals surface area contributed by atoms with E-state index in [0.29, 0.717) is 5.92 Å². The van der Waals surface area contributed by atoms with Crippen molar-refractivity contribution in [3.8, 4) is 11.3 Å². The summed E-state index contributed by atoms with van der Waals surface area (Å²) in [5, 5.41) is 0. The smallest absolute Gasteiger partial charge is 0.0163 e. The molecule has 1 nitrogen and oxygen atoms in total. The molecule has 0 saturated carbocycles. The SMILES string of the molecule is CCc1cc[c-]c(-c2cc(C(C)C)ccn2)c1.[Ir]. The van der Waals surface area contributed by atoms with Crippen molar-refractivity contribution >= 4 is 0 Å². The number of pyridine rings is 1. The number of aromatic nitrogens is 1. The van der Waals surface area contributed by atoms with Crippen LogP contribution in [0.2, 0.25) is 0 Å². The van der Waals surface area contributed by atoms with Gasteiger partial charge in [-0.25, -0.2) is 0 Å². The van der Waals surface area contributed by atoms with Gasteiger partial charge in [0.1, 0.15) is 0 Å². The first kappa shape index (κ1) is 15.1. The van der Waals surface area contributed by atoms with Crippen LogP contribution in [0.15, 0.2) is 36.5 Å². The predicted octanol–water partition coefficient (Wildman–Crippen LogP) is 4.23. The van der Waals surface area contributed by atoms with E-state index in [9.17, 15) is 0 Å². The second-order valence-electron chi connectivity index (χ2n) is 4.59. The fourth-order valence-electron chi connectivity index (χ4n) is 1.83. The van der Waals surface area contributed by atoms with Gasteiger partial charge in [0.15, 0.2) is 0 Å². The Balaban J connectivity index is 0.00000162. The summed E-state index contributed by atoms with van der Waals surface area (Å²) in [7, 11) is 0. The van der Waals surface area contributed by atoms with Crippen LogP contribution in [-0.4, -0.2) is 4.98 Å². The van der Waals surface area contributed by atoms with Crippen LogP contribution in [0.3, 0.4) is 0 Å². The molecule has 0 N–H and O–H groups in total. The van der Waals surface area contributed by atoms with Crippen molar-refractivity contribution in [1.82, 2.24) is 4.98 Å². The predicted molar refractivity (Wildman–Crippen MR) is 72.0 cm³/mol. The molecule has 18 heavy (non-hydrogen) atoms. The van der Waals surface area contributed by atoms with E-state index < -0.39 is 0 Å². The molecule has 0 unspecified atom stereocenters. The van der Waals surface area contributed by atoms with Crippen molar-refractivity contribution in [1.29, 1.82) is 0 Å². The molecule has 97 valence electrons. The molecule has 0 atom stereocenters. The number of hydrogen-bond acceptors (Lipinski definition) is 1. The van der Waals surface area contributed by atoms with Gasteiger partial charge < -0.3 is 4.98 Å². The van der Waals surface area contributed by atoms with Gasteiger partial charge in [-0.15, -0.1) is 35.4 Å². The van der Waals surface area contributed by atoms with Crippen LogP contribution >= 0.6 is 0 Å². The second kappa shape index (κ2) is 6.82. The summed E-state index contributed by atoms with van der Waals surface area (Å²) >= 11 is 0. The summed E-state index contributed by atoms with van der Waals surface area (Å²) in [5.41, 5.74) is 4.76. The third kappa shape index (κ3) is 3.51. The van der Waals surface area contributed by atoms with Crippen LogP contribution in [0, 0.1) is 6.07 Å². The third-order valence-electron chi connectivity index (χ3n) is 3.00. The Kier molecular flexibility index (Phi) is 5.71. The van der Waals surface area contributed by atoms with Gasteiger partial charge in [-0.05, 0) is 24.1 Å². The van der Waals surface area contributed by atoms with Crippen molar-refractivity contribution in [3.63, 3.8) is 0 Å². The zero-order valence-electron chi connectivity index (χ0n) is 11.0. The Bertz CT molecular complexity index is 506. The van der Waals surface area contributed by atoms with Crippen LogP contribution in [0.1, 0.15) is 37.8 Å². The fraction of sp³-hybridized carbons (Fsp3) is 0.312. The van der Waals surface area contributed by atoms with E-state index >= 15 is 0 Å². The van der Waals surface area contributed by atoms with Gasteiger partial charge >= 0.3 is 0 Å². The zero-order valence-corrected chi connectivity index (χ0v) is 13.4. The normalized spacial score (nSPS) is 10.2. The third-order valence-corrected chi connectivity index (χ3v) is 3.00. The molecule has 2 aromatic rings. The van der Waals surface area contributed by atoms with Crippen LogP contribution in [0.25, 0.3) is 11.3 Å². The van der Waals surface area contributed by atoms with E-state index in [1.165, 1.54) is 11.1 Å². The number of aryl methyl sites for hydroxylation is 1. The van der Waals surface area contributed by atoms with Crippen LogP contribution in [0.4, 0.5) is 0 Å². The molecule has 0 aliphatic rings. The van der Waals surface area contributed by atoms with Crippen molar-refractivity contribution in [2.45, 2.75) is 33.1 Å². The Morgan fingerprint density at radius 2 is 2.00 bits per heavy atom. The van der Waals surface area contributed by atoms with E-state index in [1.54, 1.807) is 0 Å². The van der Waals surface area contributed by atoms with E-state index in [0.717, 1.165) is 17.7 Å². The number of nitrogens with zero attached hydrogens (tertiary/aromatic N) is 1. The van der Waals surface area contributed by atoms with Gasteiger partial charge in [-0.2, -0.15) is 0 Å². The molecule has 1 heterocycles. The average Bonchev–Trinajstić information content (AvgIpc) is 2.39. The minimum absolute atomic E-state index is 0. The summed E-state index contributed by atoms with van der Waals surface area (Å²) in [4.78, 5) is 4.44.